The first-order valence-electron chi connectivity index (χ1n) is 7.93. The minimum Gasteiger partial charge on any atom is -0.339 e. The molecule has 0 saturated carbocycles. The Balaban J connectivity index is 1.45. The van der Waals surface area contributed by atoms with E-state index >= 15 is 0 Å². The van der Waals surface area contributed by atoms with Crippen molar-refractivity contribution in [2.75, 3.05) is 26.2 Å². The van der Waals surface area contributed by atoms with Crippen LogP contribution in [0.2, 0.25) is 4.34 Å². The van der Waals surface area contributed by atoms with Gasteiger partial charge in [0.2, 0.25) is 5.91 Å². The van der Waals surface area contributed by atoms with E-state index in [0.717, 1.165) is 4.88 Å². The lowest BCUT2D eigenvalue weighted by Crippen LogP contribution is -2.50. The SMILES string of the molecule is O=C(CCC(=O)N1CCN(C(=O)c2cccs2)CC1)c1ccc(Cl)s1. The van der Waals surface area contributed by atoms with Crippen LogP contribution in [0.1, 0.15) is 32.2 Å². The third-order valence-electron chi connectivity index (χ3n) is 4.07. The Kier molecular flexibility index (Phi) is 5.88. The second-order valence-corrected chi connectivity index (χ2v) is 8.34. The molecule has 1 fully saturated rings. The number of carbonyl (C=O) groups excluding carboxylic acids is 3. The van der Waals surface area contributed by atoms with Gasteiger partial charge in [0.15, 0.2) is 5.78 Å². The van der Waals surface area contributed by atoms with E-state index in [2.05, 4.69) is 0 Å². The van der Waals surface area contributed by atoms with Crippen LogP contribution in [0.15, 0.2) is 29.6 Å². The van der Waals surface area contributed by atoms with E-state index in [1.807, 2.05) is 17.5 Å². The highest BCUT2D eigenvalue weighted by molar-refractivity contribution is 7.18. The van der Waals surface area contributed by atoms with Crippen LogP contribution in [-0.2, 0) is 4.79 Å². The van der Waals surface area contributed by atoms with Gasteiger partial charge in [-0.15, -0.1) is 22.7 Å². The summed E-state index contributed by atoms with van der Waals surface area (Å²) in [6, 6.07) is 7.04. The standard InChI is InChI=1S/C17H17ClN2O3S2/c18-15-5-4-13(25-15)12(21)3-6-16(22)19-7-9-20(10-8-19)17(23)14-2-1-11-24-14/h1-2,4-5,11H,3,6-10H2. The van der Waals surface area contributed by atoms with Crippen molar-refractivity contribution >= 4 is 51.9 Å². The predicted molar refractivity (Wildman–Crippen MR) is 99.7 cm³/mol. The Labute approximate surface area is 158 Å². The Hall–Kier alpha value is -1.70. The molecular formula is C17H17ClN2O3S2. The van der Waals surface area contributed by atoms with Crippen LogP contribution in [0.5, 0.6) is 0 Å². The number of amides is 2. The second-order valence-electron chi connectivity index (χ2n) is 5.68. The normalized spacial score (nSPS) is 14.6. The van der Waals surface area contributed by atoms with Crippen LogP contribution >= 0.6 is 34.3 Å². The highest BCUT2D eigenvalue weighted by Gasteiger charge is 2.25. The molecule has 25 heavy (non-hydrogen) atoms. The van der Waals surface area contributed by atoms with Crippen molar-refractivity contribution in [3.8, 4) is 0 Å². The molecule has 3 heterocycles. The molecule has 0 bridgehead atoms. The molecule has 1 aliphatic rings. The molecule has 5 nitrogen and oxygen atoms in total. The van der Waals surface area contributed by atoms with Gasteiger partial charge in [-0.1, -0.05) is 17.7 Å². The number of Topliss-reactive ketones (excluding diaryl/α,β-unsaturated/α-hetero) is 1. The first-order chi connectivity index (χ1) is 12.0. The summed E-state index contributed by atoms with van der Waals surface area (Å²) in [5.74, 6) is -0.0807. The molecule has 0 N–H and O–H groups in total. The van der Waals surface area contributed by atoms with Crippen molar-refractivity contribution in [3.63, 3.8) is 0 Å². The summed E-state index contributed by atoms with van der Waals surface area (Å²) in [5.41, 5.74) is 0. The van der Waals surface area contributed by atoms with Crippen LogP contribution in [0, 0.1) is 0 Å². The lowest BCUT2D eigenvalue weighted by molar-refractivity contribution is -0.132. The van der Waals surface area contributed by atoms with Crippen LogP contribution in [-0.4, -0.2) is 53.6 Å². The topological polar surface area (TPSA) is 57.7 Å². The molecule has 1 saturated heterocycles. The molecule has 3 rings (SSSR count). The largest absolute Gasteiger partial charge is 0.339 e. The Bertz CT molecular complexity index is 765. The highest BCUT2D eigenvalue weighted by atomic mass is 35.5. The fourth-order valence-corrected chi connectivity index (χ4v) is 4.38. The molecule has 2 amide bonds. The van der Waals surface area contributed by atoms with Crippen molar-refractivity contribution in [2.24, 2.45) is 0 Å². The summed E-state index contributed by atoms with van der Waals surface area (Å²) < 4.78 is 0.571. The molecular weight excluding hydrogens is 380 g/mol. The number of thiophene rings is 2. The van der Waals surface area contributed by atoms with Crippen molar-refractivity contribution in [1.29, 1.82) is 0 Å². The van der Waals surface area contributed by atoms with Gasteiger partial charge in [0.25, 0.3) is 5.91 Å². The third kappa shape index (κ3) is 4.48. The average molecular weight is 397 g/mol. The number of rotatable bonds is 5. The van der Waals surface area contributed by atoms with Crippen LogP contribution < -0.4 is 0 Å². The smallest absolute Gasteiger partial charge is 0.264 e. The first-order valence-corrected chi connectivity index (χ1v) is 10.0. The molecule has 2 aromatic rings. The van der Waals surface area contributed by atoms with Gasteiger partial charge >= 0.3 is 0 Å². The Morgan fingerprint density at radius 2 is 1.68 bits per heavy atom. The number of ketones is 1. The number of hydrogen-bond donors (Lipinski definition) is 0. The van der Waals surface area contributed by atoms with Gasteiger partial charge in [-0.05, 0) is 23.6 Å². The minimum absolute atomic E-state index is 0.0202. The van der Waals surface area contributed by atoms with Gasteiger partial charge < -0.3 is 9.80 Å². The Morgan fingerprint density at radius 3 is 2.28 bits per heavy atom. The van der Waals surface area contributed by atoms with Crippen LogP contribution in [0.4, 0.5) is 0 Å². The van der Waals surface area contributed by atoms with E-state index in [9.17, 15) is 14.4 Å². The van der Waals surface area contributed by atoms with Crippen molar-refractivity contribution in [2.45, 2.75) is 12.8 Å². The molecule has 2 aromatic heterocycles. The van der Waals surface area contributed by atoms with Gasteiger partial charge in [0.1, 0.15) is 0 Å². The van der Waals surface area contributed by atoms with E-state index in [1.165, 1.54) is 22.7 Å². The van der Waals surface area contributed by atoms with E-state index in [1.54, 1.807) is 21.9 Å². The summed E-state index contributed by atoms with van der Waals surface area (Å²) >= 11 is 8.48. The molecule has 0 unspecified atom stereocenters. The Morgan fingerprint density at radius 1 is 0.960 bits per heavy atom. The van der Waals surface area contributed by atoms with Gasteiger partial charge in [0.05, 0.1) is 14.1 Å². The summed E-state index contributed by atoms with van der Waals surface area (Å²) in [4.78, 5) is 41.4. The highest BCUT2D eigenvalue weighted by Crippen LogP contribution is 2.23. The molecule has 0 radical (unpaired) electrons. The summed E-state index contributed by atoms with van der Waals surface area (Å²) in [6.07, 6.45) is 0.372. The fourth-order valence-electron chi connectivity index (χ4n) is 2.68. The molecule has 132 valence electrons. The second kappa shape index (κ2) is 8.12. The molecule has 0 atom stereocenters. The molecule has 0 aliphatic carbocycles. The van der Waals surface area contributed by atoms with Crippen molar-refractivity contribution in [1.82, 2.24) is 9.80 Å². The maximum absolute atomic E-state index is 12.3. The summed E-state index contributed by atoms with van der Waals surface area (Å²) in [5, 5.41) is 1.88. The van der Waals surface area contributed by atoms with Crippen molar-refractivity contribution in [3.05, 3.63) is 43.7 Å². The lowest BCUT2D eigenvalue weighted by atomic mass is 10.1. The summed E-state index contributed by atoms with van der Waals surface area (Å²) in [6.45, 7) is 2.07. The van der Waals surface area contributed by atoms with E-state index in [4.69, 9.17) is 11.6 Å². The number of halogens is 1. The first kappa shape index (κ1) is 18.1. The number of nitrogens with zero attached hydrogens (tertiary/aromatic N) is 2. The summed E-state index contributed by atoms with van der Waals surface area (Å²) in [7, 11) is 0. The lowest BCUT2D eigenvalue weighted by Gasteiger charge is -2.34. The zero-order valence-electron chi connectivity index (χ0n) is 13.4. The maximum Gasteiger partial charge on any atom is 0.264 e. The van der Waals surface area contributed by atoms with E-state index < -0.39 is 0 Å². The van der Waals surface area contributed by atoms with E-state index in [0.29, 0.717) is 35.4 Å². The van der Waals surface area contributed by atoms with E-state index in [-0.39, 0.29) is 30.4 Å². The zero-order chi connectivity index (χ0) is 17.8. The van der Waals surface area contributed by atoms with Gasteiger partial charge in [0, 0.05) is 39.0 Å². The fraction of sp³-hybridized carbons (Fsp3) is 0.353. The van der Waals surface area contributed by atoms with Gasteiger partial charge in [-0.2, -0.15) is 0 Å². The zero-order valence-corrected chi connectivity index (χ0v) is 15.8. The minimum atomic E-state index is -0.0586. The average Bonchev–Trinajstić information content (AvgIpc) is 3.30. The maximum atomic E-state index is 12.3. The van der Waals surface area contributed by atoms with Gasteiger partial charge in [-0.25, -0.2) is 0 Å². The van der Waals surface area contributed by atoms with Crippen LogP contribution in [0.25, 0.3) is 0 Å². The number of hydrogen-bond acceptors (Lipinski definition) is 5. The molecule has 0 aromatic carbocycles. The van der Waals surface area contributed by atoms with Crippen LogP contribution in [0.3, 0.4) is 0 Å². The monoisotopic (exact) mass is 396 g/mol. The van der Waals surface area contributed by atoms with Gasteiger partial charge in [-0.3, -0.25) is 14.4 Å². The molecule has 8 heteroatoms. The van der Waals surface area contributed by atoms with Crippen molar-refractivity contribution < 1.29 is 14.4 Å². The quantitative estimate of drug-likeness (QED) is 0.727. The predicted octanol–water partition coefficient (Wildman–Crippen LogP) is 3.41. The molecule has 1 aliphatic heterocycles. The third-order valence-corrected chi connectivity index (χ3v) is 6.20. The molecule has 0 spiro atoms. The number of piperazine rings is 1. The number of carbonyl (C=O) groups is 3.